The molecule has 3 aromatic carbocycles. The molecule has 0 bridgehead atoms. The highest BCUT2D eigenvalue weighted by molar-refractivity contribution is 14.1. The standard InChI is InChI=1S/C27H23BrINO4/c1-16(2)19-7-9-20(10-8-19)26-30-23(27(31)34-26)13-18-12-22(29)25(24(14-18)32-3)33-15-17-5-4-6-21(28)11-17/h4-14,16H,15H2,1-3H3/b23-13-. The third-order valence-corrected chi connectivity index (χ3v) is 6.57. The van der Waals surface area contributed by atoms with Crippen molar-refractivity contribution in [2.24, 2.45) is 4.99 Å². The second kappa shape index (κ2) is 10.7. The molecule has 7 heteroatoms. The van der Waals surface area contributed by atoms with Gasteiger partial charge in [-0.2, -0.15) is 0 Å². The van der Waals surface area contributed by atoms with Gasteiger partial charge in [0.05, 0.1) is 10.7 Å². The van der Waals surface area contributed by atoms with Gasteiger partial charge in [-0.15, -0.1) is 0 Å². The number of rotatable bonds is 7. The Morgan fingerprint density at radius 2 is 1.88 bits per heavy atom. The van der Waals surface area contributed by atoms with E-state index in [0.29, 0.717) is 29.9 Å². The molecule has 0 saturated carbocycles. The minimum atomic E-state index is -0.480. The van der Waals surface area contributed by atoms with Gasteiger partial charge in [0, 0.05) is 10.0 Å². The predicted molar refractivity (Wildman–Crippen MR) is 145 cm³/mol. The number of methoxy groups -OCH3 is 1. The predicted octanol–water partition coefficient (Wildman–Crippen LogP) is 7.11. The Labute approximate surface area is 221 Å². The van der Waals surface area contributed by atoms with Crippen molar-refractivity contribution in [3.8, 4) is 11.5 Å². The average molecular weight is 632 g/mol. The monoisotopic (exact) mass is 631 g/mol. The summed E-state index contributed by atoms with van der Waals surface area (Å²) in [5.41, 5.74) is 4.03. The molecule has 0 saturated heterocycles. The molecule has 0 amide bonds. The number of carbonyl (C=O) groups excluding carboxylic acids is 1. The number of aliphatic imine (C=N–C) groups is 1. The van der Waals surface area contributed by atoms with E-state index >= 15 is 0 Å². The van der Waals surface area contributed by atoms with Crippen molar-refractivity contribution < 1.29 is 19.0 Å². The van der Waals surface area contributed by atoms with Gasteiger partial charge in [0.2, 0.25) is 5.90 Å². The van der Waals surface area contributed by atoms with Crippen molar-refractivity contribution in [3.63, 3.8) is 0 Å². The molecule has 0 atom stereocenters. The molecular formula is C27H23BrINO4. The van der Waals surface area contributed by atoms with Gasteiger partial charge in [-0.3, -0.25) is 0 Å². The zero-order valence-electron chi connectivity index (χ0n) is 19.0. The van der Waals surface area contributed by atoms with Crippen molar-refractivity contribution in [3.05, 3.63) is 96.7 Å². The molecule has 1 heterocycles. The minimum absolute atomic E-state index is 0.239. The van der Waals surface area contributed by atoms with Crippen molar-refractivity contribution in [2.45, 2.75) is 26.4 Å². The van der Waals surface area contributed by atoms with Gasteiger partial charge in [-0.1, -0.05) is 54.0 Å². The molecule has 3 aromatic rings. The Morgan fingerprint density at radius 3 is 2.56 bits per heavy atom. The van der Waals surface area contributed by atoms with Crippen LogP contribution >= 0.6 is 38.5 Å². The maximum Gasteiger partial charge on any atom is 0.363 e. The number of halogens is 2. The maximum atomic E-state index is 12.5. The van der Waals surface area contributed by atoms with E-state index in [9.17, 15) is 4.79 Å². The van der Waals surface area contributed by atoms with E-state index in [1.807, 2.05) is 60.7 Å². The van der Waals surface area contributed by atoms with Gasteiger partial charge < -0.3 is 14.2 Å². The summed E-state index contributed by atoms with van der Waals surface area (Å²) >= 11 is 5.68. The number of ether oxygens (including phenoxy) is 3. The molecule has 1 aliphatic heterocycles. The lowest BCUT2D eigenvalue weighted by Gasteiger charge is -2.14. The zero-order chi connectivity index (χ0) is 24.2. The number of hydrogen-bond acceptors (Lipinski definition) is 5. The van der Waals surface area contributed by atoms with E-state index in [1.165, 1.54) is 5.56 Å². The molecule has 174 valence electrons. The maximum absolute atomic E-state index is 12.5. The number of esters is 1. The first-order chi connectivity index (χ1) is 16.3. The Kier molecular flexibility index (Phi) is 7.73. The summed E-state index contributed by atoms with van der Waals surface area (Å²) in [4.78, 5) is 16.9. The van der Waals surface area contributed by atoms with E-state index in [1.54, 1.807) is 13.2 Å². The average Bonchev–Trinajstić information content (AvgIpc) is 3.18. The van der Waals surface area contributed by atoms with Crippen LogP contribution in [0.3, 0.4) is 0 Å². The van der Waals surface area contributed by atoms with Crippen LogP contribution in [0.15, 0.2) is 75.8 Å². The van der Waals surface area contributed by atoms with Crippen molar-refractivity contribution in [2.75, 3.05) is 7.11 Å². The van der Waals surface area contributed by atoms with Crippen LogP contribution in [0.25, 0.3) is 6.08 Å². The zero-order valence-corrected chi connectivity index (χ0v) is 22.7. The van der Waals surface area contributed by atoms with Crippen LogP contribution in [0.2, 0.25) is 0 Å². The van der Waals surface area contributed by atoms with Crippen LogP contribution in [0.1, 0.15) is 42.0 Å². The molecule has 0 radical (unpaired) electrons. The number of hydrogen-bond donors (Lipinski definition) is 0. The molecule has 0 aromatic heterocycles. The molecule has 1 aliphatic rings. The van der Waals surface area contributed by atoms with E-state index in [2.05, 4.69) is 57.4 Å². The molecular weight excluding hydrogens is 609 g/mol. The first kappa shape index (κ1) is 24.5. The van der Waals surface area contributed by atoms with Gasteiger partial charge in [0.1, 0.15) is 6.61 Å². The largest absolute Gasteiger partial charge is 0.493 e. The van der Waals surface area contributed by atoms with Gasteiger partial charge >= 0.3 is 5.97 Å². The summed E-state index contributed by atoms with van der Waals surface area (Å²) in [6, 6.07) is 19.6. The van der Waals surface area contributed by atoms with Crippen molar-refractivity contribution in [1.82, 2.24) is 0 Å². The number of benzene rings is 3. The Hall–Kier alpha value is -2.65. The van der Waals surface area contributed by atoms with Crippen molar-refractivity contribution in [1.29, 1.82) is 0 Å². The van der Waals surface area contributed by atoms with E-state index < -0.39 is 5.97 Å². The van der Waals surface area contributed by atoms with Gasteiger partial charge in [0.25, 0.3) is 0 Å². The van der Waals surface area contributed by atoms with Crippen LogP contribution in [0.4, 0.5) is 0 Å². The second-order valence-electron chi connectivity index (χ2n) is 8.07. The molecule has 0 aliphatic carbocycles. The highest BCUT2D eigenvalue weighted by atomic mass is 127. The summed E-state index contributed by atoms with van der Waals surface area (Å²) in [6.07, 6.45) is 1.70. The Balaban J connectivity index is 1.57. The summed E-state index contributed by atoms with van der Waals surface area (Å²) in [7, 11) is 1.59. The van der Waals surface area contributed by atoms with Gasteiger partial charge in [0.15, 0.2) is 17.2 Å². The highest BCUT2D eigenvalue weighted by Gasteiger charge is 2.24. The number of cyclic esters (lactones) is 1. The summed E-state index contributed by atoms with van der Waals surface area (Å²) in [6.45, 7) is 4.67. The van der Waals surface area contributed by atoms with Crippen LogP contribution in [-0.2, 0) is 16.1 Å². The normalized spacial score (nSPS) is 14.4. The van der Waals surface area contributed by atoms with Crippen LogP contribution in [0.5, 0.6) is 11.5 Å². The van der Waals surface area contributed by atoms with Gasteiger partial charge in [-0.25, -0.2) is 9.79 Å². The first-order valence-electron chi connectivity index (χ1n) is 10.7. The number of nitrogens with zero attached hydrogens (tertiary/aromatic N) is 1. The first-order valence-corrected chi connectivity index (χ1v) is 12.6. The van der Waals surface area contributed by atoms with Crippen LogP contribution in [-0.4, -0.2) is 19.0 Å². The minimum Gasteiger partial charge on any atom is -0.493 e. The lowest BCUT2D eigenvalue weighted by atomic mass is 10.0. The molecule has 4 rings (SSSR count). The smallest absolute Gasteiger partial charge is 0.363 e. The highest BCUT2D eigenvalue weighted by Crippen LogP contribution is 2.35. The molecule has 5 nitrogen and oxygen atoms in total. The molecule has 34 heavy (non-hydrogen) atoms. The van der Waals surface area contributed by atoms with Gasteiger partial charge in [-0.05, 0) is 87.7 Å². The third kappa shape index (κ3) is 5.70. The fourth-order valence-electron chi connectivity index (χ4n) is 3.45. The molecule has 0 fully saturated rings. The SMILES string of the molecule is COc1cc(/C=C2\N=C(c3ccc(C(C)C)cc3)OC2=O)cc(I)c1OCc1cccc(Br)c1. The molecule has 0 spiro atoms. The Morgan fingerprint density at radius 1 is 1.12 bits per heavy atom. The quantitative estimate of drug-likeness (QED) is 0.158. The van der Waals surface area contributed by atoms with Crippen LogP contribution in [0, 0.1) is 3.57 Å². The topological polar surface area (TPSA) is 57.1 Å². The van der Waals surface area contributed by atoms with E-state index in [0.717, 1.165) is 24.7 Å². The molecule has 0 N–H and O–H groups in total. The molecule has 0 unspecified atom stereocenters. The fraction of sp³-hybridized carbons (Fsp3) is 0.185. The lowest BCUT2D eigenvalue weighted by Crippen LogP contribution is -2.05. The Bertz CT molecular complexity index is 1280. The number of carbonyl (C=O) groups is 1. The van der Waals surface area contributed by atoms with E-state index in [-0.39, 0.29) is 5.70 Å². The summed E-state index contributed by atoms with van der Waals surface area (Å²) in [5, 5.41) is 0. The van der Waals surface area contributed by atoms with Crippen LogP contribution < -0.4 is 9.47 Å². The van der Waals surface area contributed by atoms with E-state index in [4.69, 9.17) is 14.2 Å². The summed E-state index contributed by atoms with van der Waals surface area (Å²) < 4.78 is 18.9. The van der Waals surface area contributed by atoms with Crippen molar-refractivity contribution >= 4 is 56.5 Å². The fourth-order valence-corrected chi connectivity index (χ4v) is 4.67. The summed E-state index contributed by atoms with van der Waals surface area (Å²) in [5.74, 6) is 1.48. The lowest BCUT2D eigenvalue weighted by molar-refractivity contribution is -0.129. The third-order valence-electron chi connectivity index (χ3n) is 5.27. The second-order valence-corrected chi connectivity index (χ2v) is 10.1.